The molecule has 142 valence electrons. The lowest BCUT2D eigenvalue weighted by atomic mass is 10.0. The molecule has 0 N–H and O–H groups in total. The van der Waals surface area contributed by atoms with Crippen LogP contribution in [0, 0.1) is 6.92 Å². The van der Waals surface area contributed by atoms with Crippen LogP contribution in [0.25, 0.3) is 17.1 Å². The zero-order valence-electron chi connectivity index (χ0n) is 15.9. The highest BCUT2D eigenvalue weighted by atomic mass is 32.2. The van der Waals surface area contributed by atoms with Crippen molar-refractivity contribution < 1.29 is 4.52 Å². The van der Waals surface area contributed by atoms with Crippen molar-refractivity contribution in [3.8, 4) is 17.1 Å². The standard InChI is InChI=1S/C20H20N6OS/c1-13(2)15-6-8-16(9-7-15)19-21-18(27-23-19)12-28-20-22-24-25-26(20)17-10-4-14(3)5-11-17/h4-11,13H,12H2,1-3H3. The number of hydrogen-bond donors (Lipinski definition) is 0. The van der Waals surface area contributed by atoms with Crippen LogP contribution in [0.4, 0.5) is 0 Å². The fourth-order valence-corrected chi connectivity index (χ4v) is 3.42. The number of aromatic nitrogens is 6. The first-order chi connectivity index (χ1) is 13.6. The van der Waals surface area contributed by atoms with Crippen molar-refractivity contribution in [2.45, 2.75) is 37.6 Å². The van der Waals surface area contributed by atoms with Crippen molar-refractivity contribution >= 4 is 11.8 Å². The lowest BCUT2D eigenvalue weighted by Crippen LogP contribution is -1.99. The van der Waals surface area contributed by atoms with Crippen molar-refractivity contribution in [3.63, 3.8) is 0 Å². The highest BCUT2D eigenvalue weighted by Crippen LogP contribution is 2.24. The van der Waals surface area contributed by atoms with E-state index in [-0.39, 0.29) is 0 Å². The maximum absolute atomic E-state index is 5.40. The van der Waals surface area contributed by atoms with Gasteiger partial charge in [-0.25, -0.2) is 0 Å². The second-order valence-corrected chi connectivity index (χ2v) is 7.73. The van der Waals surface area contributed by atoms with Gasteiger partial charge in [0.2, 0.25) is 16.9 Å². The minimum atomic E-state index is 0.489. The van der Waals surface area contributed by atoms with Crippen LogP contribution in [0.15, 0.2) is 58.2 Å². The van der Waals surface area contributed by atoms with Gasteiger partial charge in [0.05, 0.1) is 11.4 Å². The molecule has 0 saturated heterocycles. The van der Waals surface area contributed by atoms with Crippen LogP contribution in [-0.4, -0.2) is 30.3 Å². The molecule has 0 aliphatic heterocycles. The summed E-state index contributed by atoms with van der Waals surface area (Å²) in [7, 11) is 0. The monoisotopic (exact) mass is 392 g/mol. The molecule has 0 aliphatic rings. The van der Waals surface area contributed by atoms with Crippen LogP contribution < -0.4 is 0 Å². The Bertz CT molecular complexity index is 1050. The Balaban J connectivity index is 1.46. The smallest absolute Gasteiger partial charge is 0.237 e. The SMILES string of the molecule is Cc1ccc(-n2nnnc2SCc2nc(-c3ccc(C(C)C)cc3)no2)cc1. The van der Waals surface area contributed by atoms with Gasteiger partial charge in [-0.1, -0.05) is 72.7 Å². The summed E-state index contributed by atoms with van der Waals surface area (Å²) in [6, 6.07) is 16.3. The average molecular weight is 392 g/mol. The van der Waals surface area contributed by atoms with Crippen LogP contribution in [0.1, 0.15) is 36.8 Å². The molecule has 7 nitrogen and oxygen atoms in total. The van der Waals surface area contributed by atoms with E-state index < -0.39 is 0 Å². The molecule has 28 heavy (non-hydrogen) atoms. The summed E-state index contributed by atoms with van der Waals surface area (Å²) in [5, 5.41) is 16.7. The highest BCUT2D eigenvalue weighted by Gasteiger charge is 2.13. The maximum atomic E-state index is 5.40. The fraction of sp³-hybridized carbons (Fsp3) is 0.250. The molecule has 2 aromatic heterocycles. The summed E-state index contributed by atoms with van der Waals surface area (Å²) < 4.78 is 7.10. The van der Waals surface area contributed by atoms with Gasteiger partial charge in [0.15, 0.2) is 0 Å². The summed E-state index contributed by atoms with van der Waals surface area (Å²) in [4.78, 5) is 4.49. The Hall–Kier alpha value is -3.00. The largest absolute Gasteiger partial charge is 0.338 e. The van der Waals surface area contributed by atoms with Crippen molar-refractivity contribution in [2.24, 2.45) is 0 Å². The second-order valence-electron chi connectivity index (χ2n) is 6.79. The van der Waals surface area contributed by atoms with E-state index in [0.29, 0.717) is 28.5 Å². The molecule has 4 rings (SSSR count). The maximum Gasteiger partial charge on any atom is 0.237 e. The van der Waals surface area contributed by atoms with Gasteiger partial charge in [-0.3, -0.25) is 0 Å². The Labute approximate surface area is 167 Å². The number of hydrogen-bond acceptors (Lipinski definition) is 7. The Morgan fingerprint density at radius 3 is 2.50 bits per heavy atom. The molecule has 0 spiro atoms. The molecule has 0 atom stereocenters. The minimum absolute atomic E-state index is 0.489. The van der Waals surface area contributed by atoms with E-state index in [1.54, 1.807) is 4.68 Å². The predicted molar refractivity (Wildman–Crippen MR) is 107 cm³/mol. The Morgan fingerprint density at radius 2 is 1.79 bits per heavy atom. The highest BCUT2D eigenvalue weighted by molar-refractivity contribution is 7.98. The van der Waals surface area contributed by atoms with Crippen LogP contribution in [-0.2, 0) is 5.75 Å². The van der Waals surface area contributed by atoms with E-state index in [9.17, 15) is 0 Å². The van der Waals surface area contributed by atoms with E-state index in [2.05, 4.69) is 51.6 Å². The summed E-state index contributed by atoms with van der Waals surface area (Å²) in [5.74, 6) is 2.10. The third-order valence-electron chi connectivity index (χ3n) is 4.35. The lowest BCUT2D eigenvalue weighted by Gasteiger charge is -2.04. The zero-order valence-corrected chi connectivity index (χ0v) is 16.7. The van der Waals surface area contributed by atoms with Gasteiger partial charge in [0.25, 0.3) is 0 Å². The third kappa shape index (κ3) is 3.96. The summed E-state index contributed by atoms with van der Waals surface area (Å²) >= 11 is 1.45. The molecule has 0 amide bonds. The molecule has 8 heteroatoms. The Morgan fingerprint density at radius 1 is 1.04 bits per heavy atom. The van der Waals surface area contributed by atoms with Crippen molar-refractivity contribution in [2.75, 3.05) is 0 Å². The van der Waals surface area contributed by atoms with Crippen LogP contribution in [0.5, 0.6) is 0 Å². The number of aryl methyl sites for hydroxylation is 1. The van der Waals surface area contributed by atoms with Crippen molar-refractivity contribution in [1.29, 1.82) is 0 Å². The molecule has 4 aromatic rings. The molecule has 0 aliphatic carbocycles. The molecule has 0 unspecified atom stereocenters. The van der Waals surface area contributed by atoms with Gasteiger partial charge in [0.1, 0.15) is 0 Å². The van der Waals surface area contributed by atoms with E-state index >= 15 is 0 Å². The molecule has 0 bridgehead atoms. The topological polar surface area (TPSA) is 82.5 Å². The molecular formula is C20H20N6OS. The van der Waals surface area contributed by atoms with Crippen LogP contribution >= 0.6 is 11.8 Å². The van der Waals surface area contributed by atoms with Crippen LogP contribution in [0.3, 0.4) is 0 Å². The van der Waals surface area contributed by atoms with Gasteiger partial charge in [0, 0.05) is 5.56 Å². The summed E-state index contributed by atoms with van der Waals surface area (Å²) in [6.07, 6.45) is 0. The van der Waals surface area contributed by atoms with Gasteiger partial charge < -0.3 is 4.52 Å². The summed E-state index contributed by atoms with van der Waals surface area (Å²) in [6.45, 7) is 6.38. The van der Waals surface area contributed by atoms with E-state index in [0.717, 1.165) is 11.3 Å². The number of nitrogens with zero attached hydrogens (tertiary/aromatic N) is 6. The minimum Gasteiger partial charge on any atom is -0.338 e. The quantitative estimate of drug-likeness (QED) is 0.449. The van der Waals surface area contributed by atoms with E-state index in [1.807, 2.05) is 43.3 Å². The molecule has 0 radical (unpaired) electrons. The van der Waals surface area contributed by atoms with Gasteiger partial charge in [-0.2, -0.15) is 9.67 Å². The van der Waals surface area contributed by atoms with Gasteiger partial charge in [-0.15, -0.1) is 5.10 Å². The van der Waals surface area contributed by atoms with Gasteiger partial charge in [-0.05, 0) is 41.0 Å². The molecule has 0 fully saturated rings. The lowest BCUT2D eigenvalue weighted by molar-refractivity contribution is 0.391. The van der Waals surface area contributed by atoms with Gasteiger partial charge >= 0.3 is 0 Å². The van der Waals surface area contributed by atoms with Crippen molar-refractivity contribution in [1.82, 2.24) is 30.3 Å². The number of thioether (sulfide) groups is 1. The predicted octanol–water partition coefficient (Wildman–Crippen LogP) is 4.44. The first kappa shape index (κ1) is 18.4. The third-order valence-corrected chi connectivity index (χ3v) is 5.25. The second kappa shape index (κ2) is 7.93. The molecular weight excluding hydrogens is 372 g/mol. The average Bonchev–Trinajstić information content (AvgIpc) is 3.36. The molecule has 2 heterocycles. The first-order valence-electron chi connectivity index (χ1n) is 9.01. The first-order valence-corrected chi connectivity index (χ1v) is 10.00. The zero-order chi connectivity index (χ0) is 19.5. The molecule has 2 aromatic carbocycles. The van der Waals surface area contributed by atoms with E-state index in [1.165, 1.54) is 22.9 Å². The normalized spacial score (nSPS) is 11.3. The fourth-order valence-electron chi connectivity index (χ4n) is 2.69. The number of tetrazole rings is 1. The van der Waals surface area contributed by atoms with Crippen LogP contribution in [0.2, 0.25) is 0 Å². The molecule has 0 saturated carbocycles. The number of rotatable bonds is 6. The summed E-state index contributed by atoms with van der Waals surface area (Å²) in [5.41, 5.74) is 4.32. The van der Waals surface area contributed by atoms with Crippen molar-refractivity contribution in [3.05, 3.63) is 65.5 Å². The number of benzene rings is 2. The van der Waals surface area contributed by atoms with E-state index in [4.69, 9.17) is 4.52 Å². The Kier molecular flexibility index (Phi) is 5.21.